The summed E-state index contributed by atoms with van der Waals surface area (Å²) in [5.41, 5.74) is 5.08. The van der Waals surface area contributed by atoms with Crippen LogP contribution in [0.25, 0.3) is 10.2 Å². The molecular weight excluding hydrogens is 462 g/mol. The molecule has 1 aliphatic heterocycles. The third-order valence-electron chi connectivity index (χ3n) is 6.39. The van der Waals surface area contributed by atoms with Gasteiger partial charge in [0.2, 0.25) is 0 Å². The number of aromatic nitrogens is 2. The van der Waals surface area contributed by atoms with Crippen LogP contribution in [0.15, 0.2) is 60.7 Å². The van der Waals surface area contributed by atoms with E-state index in [1.165, 1.54) is 16.9 Å². The van der Waals surface area contributed by atoms with E-state index in [9.17, 15) is 14.4 Å². The second-order valence-corrected chi connectivity index (χ2v) is 9.73. The number of benzene rings is 2. The summed E-state index contributed by atoms with van der Waals surface area (Å²) >= 11 is 1.28. The Hall–Kier alpha value is -3.98. The number of nitrogens with zero attached hydrogens (tertiary/aromatic N) is 3. The molecule has 2 aromatic carbocycles. The normalized spacial score (nSPS) is 17.7. The minimum atomic E-state index is -1.21. The maximum Gasteiger partial charge on any atom is 0.344 e. The zero-order valence-electron chi connectivity index (χ0n) is 19.7. The molecule has 1 aliphatic rings. The maximum absolute atomic E-state index is 13.3. The number of rotatable bonds is 6. The van der Waals surface area contributed by atoms with Crippen molar-refractivity contribution in [1.82, 2.24) is 25.5 Å². The van der Waals surface area contributed by atoms with Crippen molar-refractivity contribution in [3.05, 3.63) is 87.9 Å². The van der Waals surface area contributed by atoms with E-state index in [-0.39, 0.29) is 0 Å². The summed E-state index contributed by atoms with van der Waals surface area (Å²) in [5, 5.41) is 9.06. The standard InChI is InChI=1S/C26H25N5O3S/c1-4-26(19-8-6-5-7-9-19)24(33)31(25(34)27-26)29-22(32)21-14-20-17(3)28-30(23(20)35-21)15-18-12-10-16(2)11-13-18/h5-14H,4,15H2,1-3H3,(H,27,34)(H,29,32)/t26-/m1/s1. The van der Waals surface area contributed by atoms with E-state index in [0.717, 1.165) is 26.5 Å². The third-order valence-corrected chi connectivity index (χ3v) is 7.53. The highest BCUT2D eigenvalue weighted by atomic mass is 32.1. The first-order chi connectivity index (χ1) is 16.8. The number of fused-ring (bicyclic) bond motifs is 1. The highest BCUT2D eigenvalue weighted by molar-refractivity contribution is 7.20. The summed E-state index contributed by atoms with van der Waals surface area (Å²) < 4.78 is 1.88. The highest BCUT2D eigenvalue weighted by Crippen LogP contribution is 2.32. The van der Waals surface area contributed by atoms with Gasteiger partial charge in [-0.25, -0.2) is 4.79 Å². The second-order valence-electron chi connectivity index (χ2n) is 8.69. The van der Waals surface area contributed by atoms with Gasteiger partial charge >= 0.3 is 6.03 Å². The minimum Gasteiger partial charge on any atom is -0.318 e. The molecule has 0 radical (unpaired) electrons. The van der Waals surface area contributed by atoms with Gasteiger partial charge in [0.1, 0.15) is 10.4 Å². The van der Waals surface area contributed by atoms with Crippen molar-refractivity contribution >= 4 is 39.4 Å². The number of hydrazine groups is 1. The molecule has 4 amide bonds. The fourth-order valence-electron chi connectivity index (χ4n) is 4.39. The minimum absolute atomic E-state index is 0.352. The maximum atomic E-state index is 13.3. The Balaban J connectivity index is 1.39. The van der Waals surface area contributed by atoms with Gasteiger partial charge in [0.25, 0.3) is 11.8 Å². The Morgan fingerprint density at radius 1 is 1.09 bits per heavy atom. The number of nitrogens with one attached hydrogen (secondary N) is 2. The van der Waals surface area contributed by atoms with Crippen LogP contribution in [0.4, 0.5) is 4.79 Å². The van der Waals surface area contributed by atoms with E-state index < -0.39 is 23.4 Å². The fourth-order valence-corrected chi connectivity index (χ4v) is 5.44. The lowest BCUT2D eigenvalue weighted by Gasteiger charge is -2.25. The van der Waals surface area contributed by atoms with Gasteiger partial charge in [-0.3, -0.25) is 19.7 Å². The van der Waals surface area contributed by atoms with E-state index >= 15 is 0 Å². The Labute approximate surface area is 206 Å². The predicted octanol–water partition coefficient (Wildman–Crippen LogP) is 4.27. The number of carbonyl (C=O) groups is 3. The zero-order chi connectivity index (χ0) is 24.7. The molecule has 178 valence electrons. The van der Waals surface area contributed by atoms with Crippen LogP contribution in [0, 0.1) is 13.8 Å². The molecule has 4 aromatic rings. The number of carbonyl (C=O) groups excluding carboxylic acids is 3. The molecule has 1 saturated heterocycles. The highest BCUT2D eigenvalue weighted by Gasteiger charge is 2.52. The molecule has 5 rings (SSSR count). The molecule has 2 aromatic heterocycles. The molecule has 0 unspecified atom stereocenters. The molecule has 0 spiro atoms. The Bertz CT molecular complexity index is 1440. The van der Waals surface area contributed by atoms with Crippen molar-refractivity contribution in [3.63, 3.8) is 0 Å². The van der Waals surface area contributed by atoms with Crippen LogP contribution >= 0.6 is 11.3 Å². The lowest BCUT2D eigenvalue weighted by Crippen LogP contribution is -2.48. The van der Waals surface area contributed by atoms with Gasteiger partial charge in [0, 0.05) is 5.39 Å². The number of aryl methyl sites for hydroxylation is 2. The third kappa shape index (κ3) is 3.87. The largest absolute Gasteiger partial charge is 0.344 e. The Kier molecular flexibility index (Phi) is 5.64. The van der Waals surface area contributed by atoms with Crippen LogP contribution in [0.3, 0.4) is 0 Å². The van der Waals surface area contributed by atoms with Crippen LogP contribution < -0.4 is 10.7 Å². The van der Waals surface area contributed by atoms with Crippen LogP contribution in [0.2, 0.25) is 0 Å². The summed E-state index contributed by atoms with van der Waals surface area (Å²) in [6.45, 7) is 6.34. The van der Waals surface area contributed by atoms with Gasteiger partial charge in [-0.05, 0) is 37.5 Å². The molecule has 9 heteroatoms. The zero-order valence-corrected chi connectivity index (χ0v) is 20.5. The van der Waals surface area contributed by atoms with Crippen molar-refractivity contribution < 1.29 is 14.4 Å². The number of hydrogen-bond acceptors (Lipinski definition) is 5. The molecule has 1 fully saturated rings. The van der Waals surface area contributed by atoms with Crippen molar-refractivity contribution in [3.8, 4) is 0 Å². The lowest BCUT2D eigenvalue weighted by molar-refractivity contribution is -0.133. The number of urea groups is 1. The Morgan fingerprint density at radius 3 is 2.49 bits per heavy atom. The van der Waals surface area contributed by atoms with Gasteiger partial charge in [-0.1, -0.05) is 67.1 Å². The van der Waals surface area contributed by atoms with Crippen molar-refractivity contribution in [1.29, 1.82) is 0 Å². The molecule has 1 atom stereocenters. The molecular formula is C26H25N5O3S. The van der Waals surface area contributed by atoms with Crippen LogP contribution in [0.5, 0.6) is 0 Å². The number of thiophene rings is 1. The monoisotopic (exact) mass is 487 g/mol. The first-order valence-corrected chi connectivity index (χ1v) is 12.2. The topological polar surface area (TPSA) is 96.3 Å². The summed E-state index contributed by atoms with van der Waals surface area (Å²) in [5.74, 6) is -1.02. The quantitative estimate of drug-likeness (QED) is 0.397. The number of hydrogen-bond donors (Lipinski definition) is 2. The molecule has 0 bridgehead atoms. The average Bonchev–Trinajstić information content (AvgIpc) is 3.50. The number of amides is 4. The Morgan fingerprint density at radius 2 is 1.80 bits per heavy atom. The van der Waals surface area contributed by atoms with Crippen molar-refractivity contribution in [2.45, 2.75) is 39.3 Å². The molecule has 0 saturated carbocycles. The molecule has 8 nitrogen and oxygen atoms in total. The van der Waals surface area contributed by atoms with E-state index in [2.05, 4.69) is 40.1 Å². The second kappa shape index (κ2) is 8.66. The van der Waals surface area contributed by atoms with Crippen molar-refractivity contribution in [2.75, 3.05) is 0 Å². The lowest BCUT2D eigenvalue weighted by atomic mass is 9.87. The van der Waals surface area contributed by atoms with Gasteiger partial charge in [0.15, 0.2) is 0 Å². The van der Waals surface area contributed by atoms with Crippen molar-refractivity contribution in [2.24, 2.45) is 0 Å². The van der Waals surface area contributed by atoms with E-state index in [0.29, 0.717) is 23.4 Å². The van der Waals surface area contributed by atoms with Crippen LogP contribution in [-0.2, 0) is 16.9 Å². The van der Waals surface area contributed by atoms with E-state index in [4.69, 9.17) is 0 Å². The van der Waals surface area contributed by atoms with E-state index in [1.54, 1.807) is 18.2 Å². The molecule has 0 aliphatic carbocycles. The smallest absolute Gasteiger partial charge is 0.318 e. The van der Waals surface area contributed by atoms with Gasteiger partial charge in [-0.15, -0.1) is 11.3 Å². The van der Waals surface area contributed by atoms with Gasteiger partial charge < -0.3 is 5.32 Å². The first-order valence-electron chi connectivity index (χ1n) is 11.4. The predicted molar refractivity (Wildman–Crippen MR) is 134 cm³/mol. The van der Waals surface area contributed by atoms with Gasteiger partial charge in [0.05, 0.1) is 17.1 Å². The SMILES string of the molecule is CC[C@]1(c2ccccc2)NC(=O)N(NC(=O)c2cc3c(C)nn(Cc4ccc(C)cc4)c3s2)C1=O. The molecule has 3 heterocycles. The first kappa shape index (κ1) is 22.8. The summed E-state index contributed by atoms with van der Waals surface area (Å²) in [6.07, 6.45) is 0.352. The van der Waals surface area contributed by atoms with E-state index in [1.807, 2.05) is 43.7 Å². The average molecular weight is 488 g/mol. The summed E-state index contributed by atoms with van der Waals surface area (Å²) in [4.78, 5) is 40.4. The number of imide groups is 1. The summed E-state index contributed by atoms with van der Waals surface area (Å²) in [7, 11) is 0. The molecule has 2 N–H and O–H groups in total. The van der Waals surface area contributed by atoms with Gasteiger partial charge in [-0.2, -0.15) is 10.1 Å². The molecule has 35 heavy (non-hydrogen) atoms. The fraction of sp³-hybridized carbons (Fsp3) is 0.231. The summed E-state index contributed by atoms with van der Waals surface area (Å²) in [6, 6.07) is 18.4. The van der Waals surface area contributed by atoms with Crippen LogP contribution in [0.1, 0.15) is 45.4 Å². The van der Waals surface area contributed by atoms with Crippen LogP contribution in [-0.4, -0.2) is 32.6 Å².